The van der Waals surface area contributed by atoms with Gasteiger partial charge in [0.1, 0.15) is 17.5 Å². The predicted molar refractivity (Wildman–Crippen MR) is 77.7 cm³/mol. The molecule has 2 heterocycles. The maximum atomic E-state index is 5.37. The van der Waals surface area contributed by atoms with Gasteiger partial charge in [-0.3, -0.25) is 0 Å². The van der Waals surface area contributed by atoms with E-state index in [1.807, 2.05) is 6.07 Å². The van der Waals surface area contributed by atoms with Gasteiger partial charge >= 0.3 is 0 Å². The van der Waals surface area contributed by atoms with Gasteiger partial charge in [0, 0.05) is 38.3 Å². The molecule has 0 saturated carbocycles. The van der Waals surface area contributed by atoms with E-state index in [9.17, 15) is 0 Å². The maximum Gasteiger partial charge on any atom is 0.132 e. The molecule has 1 aromatic rings. The van der Waals surface area contributed by atoms with Crippen molar-refractivity contribution in [3.63, 3.8) is 0 Å². The van der Waals surface area contributed by atoms with E-state index >= 15 is 0 Å². The molecule has 5 heteroatoms. The van der Waals surface area contributed by atoms with Crippen molar-refractivity contribution in [2.24, 2.45) is 0 Å². The molecule has 2 N–H and O–H groups in total. The Hall–Kier alpha value is -1.36. The number of rotatable bonds is 6. The van der Waals surface area contributed by atoms with Gasteiger partial charge in [0.25, 0.3) is 0 Å². The summed E-state index contributed by atoms with van der Waals surface area (Å²) in [4.78, 5) is 9.05. The first-order chi connectivity index (χ1) is 9.31. The fourth-order valence-electron chi connectivity index (χ4n) is 2.12. The second-order valence-corrected chi connectivity index (χ2v) is 4.87. The van der Waals surface area contributed by atoms with Gasteiger partial charge in [-0.05, 0) is 19.3 Å². The van der Waals surface area contributed by atoms with Crippen LogP contribution in [0.5, 0.6) is 0 Å². The van der Waals surface area contributed by atoms with Crippen LogP contribution in [0.15, 0.2) is 6.07 Å². The summed E-state index contributed by atoms with van der Waals surface area (Å²) in [5, 5.41) is 6.83. The average Bonchev–Trinajstić information content (AvgIpc) is 2.46. The molecule has 19 heavy (non-hydrogen) atoms. The smallest absolute Gasteiger partial charge is 0.132 e. The van der Waals surface area contributed by atoms with Gasteiger partial charge in [-0.2, -0.15) is 0 Å². The highest BCUT2D eigenvalue weighted by molar-refractivity contribution is 5.48. The Labute approximate surface area is 115 Å². The molecule has 0 aromatic carbocycles. The first-order valence-electron chi connectivity index (χ1n) is 7.28. The summed E-state index contributed by atoms with van der Waals surface area (Å²) in [6.45, 7) is 6.85. The van der Waals surface area contributed by atoms with Crippen molar-refractivity contribution in [2.75, 3.05) is 30.4 Å². The number of nitrogens with one attached hydrogen (secondary N) is 2. The van der Waals surface area contributed by atoms with Crippen LogP contribution >= 0.6 is 0 Å². The van der Waals surface area contributed by atoms with Crippen molar-refractivity contribution in [2.45, 2.75) is 45.6 Å². The van der Waals surface area contributed by atoms with E-state index in [0.29, 0.717) is 6.04 Å². The molecule has 1 aliphatic rings. The number of hydrogen-bond acceptors (Lipinski definition) is 5. The minimum Gasteiger partial charge on any atom is -0.381 e. The molecule has 5 nitrogen and oxygen atoms in total. The van der Waals surface area contributed by atoms with Crippen molar-refractivity contribution < 1.29 is 4.74 Å². The molecule has 0 spiro atoms. The average molecular weight is 264 g/mol. The number of hydrogen-bond donors (Lipinski definition) is 2. The molecular formula is C14H24N4O. The Morgan fingerprint density at radius 2 is 1.95 bits per heavy atom. The molecule has 0 amide bonds. The summed E-state index contributed by atoms with van der Waals surface area (Å²) in [6, 6.07) is 2.47. The summed E-state index contributed by atoms with van der Waals surface area (Å²) >= 11 is 0. The molecule has 0 atom stereocenters. The summed E-state index contributed by atoms with van der Waals surface area (Å²) in [7, 11) is 0. The van der Waals surface area contributed by atoms with Crippen LogP contribution in [0.2, 0.25) is 0 Å². The monoisotopic (exact) mass is 264 g/mol. The largest absolute Gasteiger partial charge is 0.381 e. The second-order valence-electron chi connectivity index (χ2n) is 4.87. The Morgan fingerprint density at radius 1 is 1.21 bits per heavy atom. The van der Waals surface area contributed by atoms with E-state index in [-0.39, 0.29) is 0 Å². The third-order valence-corrected chi connectivity index (χ3v) is 3.22. The zero-order valence-corrected chi connectivity index (χ0v) is 11.9. The van der Waals surface area contributed by atoms with E-state index < -0.39 is 0 Å². The molecule has 0 radical (unpaired) electrons. The standard InChI is InChI=1S/C14H24N4O/c1-3-7-15-13-10-14(18-12(4-2)17-13)16-11-5-8-19-9-6-11/h10-11H,3-9H2,1-2H3,(H2,15,16,17,18). The Kier molecular flexibility index (Phi) is 5.39. The lowest BCUT2D eigenvalue weighted by atomic mass is 10.1. The number of aromatic nitrogens is 2. The minimum atomic E-state index is 0.465. The second kappa shape index (κ2) is 7.28. The fourth-order valence-corrected chi connectivity index (χ4v) is 2.12. The van der Waals surface area contributed by atoms with Crippen LogP contribution in [0.25, 0.3) is 0 Å². The lowest BCUT2D eigenvalue weighted by molar-refractivity contribution is 0.0904. The van der Waals surface area contributed by atoms with Crippen molar-refractivity contribution >= 4 is 11.6 Å². The molecule has 1 aliphatic heterocycles. The Balaban J connectivity index is 2.04. The maximum absolute atomic E-state index is 5.37. The molecule has 1 saturated heterocycles. The minimum absolute atomic E-state index is 0.465. The van der Waals surface area contributed by atoms with E-state index in [2.05, 4.69) is 34.4 Å². The summed E-state index contributed by atoms with van der Waals surface area (Å²) < 4.78 is 5.37. The lowest BCUT2D eigenvalue weighted by Gasteiger charge is -2.24. The van der Waals surface area contributed by atoms with Crippen LogP contribution < -0.4 is 10.6 Å². The van der Waals surface area contributed by atoms with Crippen LogP contribution in [-0.2, 0) is 11.2 Å². The first-order valence-corrected chi connectivity index (χ1v) is 7.28. The van der Waals surface area contributed by atoms with Crippen molar-refractivity contribution in [1.82, 2.24) is 9.97 Å². The zero-order chi connectivity index (χ0) is 13.5. The number of nitrogens with zero attached hydrogens (tertiary/aromatic N) is 2. The molecule has 0 aliphatic carbocycles. The molecule has 0 bridgehead atoms. The molecule has 2 rings (SSSR count). The number of ether oxygens (including phenoxy) is 1. The molecule has 1 aromatic heterocycles. The van der Waals surface area contributed by atoms with Gasteiger partial charge in [0.05, 0.1) is 0 Å². The van der Waals surface area contributed by atoms with E-state index in [4.69, 9.17) is 4.74 Å². The molecule has 106 valence electrons. The lowest BCUT2D eigenvalue weighted by Crippen LogP contribution is -2.28. The molecule has 0 unspecified atom stereocenters. The van der Waals surface area contributed by atoms with Gasteiger partial charge in [-0.15, -0.1) is 0 Å². The predicted octanol–water partition coefficient (Wildman–Crippen LogP) is 2.45. The van der Waals surface area contributed by atoms with Crippen LogP contribution in [0.1, 0.15) is 38.9 Å². The van der Waals surface area contributed by atoms with Crippen LogP contribution in [0.3, 0.4) is 0 Å². The van der Waals surface area contributed by atoms with E-state index in [1.54, 1.807) is 0 Å². The Bertz CT molecular complexity index is 391. The highest BCUT2D eigenvalue weighted by Gasteiger charge is 2.14. The number of anilines is 2. The summed E-state index contributed by atoms with van der Waals surface area (Å²) in [6.07, 6.45) is 4.03. The van der Waals surface area contributed by atoms with Crippen molar-refractivity contribution in [3.8, 4) is 0 Å². The van der Waals surface area contributed by atoms with Gasteiger partial charge < -0.3 is 15.4 Å². The van der Waals surface area contributed by atoms with Crippen LogP contribution in [0, 0.1) is 0 Å². The fraction of sp³-hybridized carbons (Fsp3) is 0.714. The molecular weight excluding hydrogens is 240 g/mol. The third-order valence-electron chi connectivity index (χ3n) is 3.22. The van der Waals surface area contributed by atoms with Gasteiger partial charge in [0.15, 0.2) is 0 Å². The van der Waals surface area contributed by atoms with E-state index in [1.165, 1.54) is 0 Å². The zero-order valence-electron chi connectivity index (χ0n) is 11.9. The van der Waals surface area contributed by atoms with Crippen LogP contribution in [0.4, 0.5) is 11.6 Å². The summed E-state index contributed by atoms with van der Waals surface area (Å²) in [5.74, 6) is 2.73. The van der Waals surface area contributed by atoms with Crippen LogP contribution in [-0.4, -0.2) is 35.8 Å². The van der Waals surface area contributed by atoms with Crippen molar-refractivity contribution in [1.29, 1.82) is 0 Å². The normalized spacial score (nSPS) is 16.3. The topological polar surface area (TPSA) is 59.1 Å². The van der Waals surface area contributed by atoms with E-state index in [0.717, 1.165) is 62.9 Å². The van der Waals surface area contributed by atoms with Gasteiger partial charge in [0.2, 0.25) is 0 Å². The first kappa shape index (κ1) is 14.1. The SMILES string of the molecule is CCCNc1cc(NC2CCOCC2)nc(CC)n1. The molecule has 1 fully saturated rings. The van der Waals surface area contributed by atoms with Crippen molar-refractivity contribution in [3.05, 3.63) is 11.9 Å². The summed E-state index contributed by atoms with van der Waals surface area (Å²) in [5.41, 5.74) is 0. The number of aryl methyl sites for hydroxylation is 1. The highest BCUT2D eigenvalue weighted by Crippen LogP contribution is 2.16. The van der Waals surface area contributed by atoms with Gasteiger partial charge in [-0.25, -0.2) is 9.97 Å². The van der Waals surface area contributed by atoms with Gasteiger partial charge in [-0.1, -0.05) is 13.8 Å². The quantitative estimate of drug-likeness (QED) is 0.826. The Morgan fingerprint density at radius 3 is 2.63 bits per heavy atom. The highest BCUT2D eigenvalue weighted by atomic mass is 16.5. The third kappa shape index (κ3) is 4.35.